The van der Waals surface area contributed by atoms with Gasteiger partial charge in [0.25, 0.3) is 0 Å². The second-order valence-electron chi connectivity index (χ2n) is 2.17. The fourth-order valence-electron chi connectivity index (χ4n) is 0.796. The lowest BCUT2D eigenvalue weighted by Gasteiger charge is -2.37. The highest BCUT2D eigenvalue weighted by Crippen LogP contribution is 2.37. The van der Waals surface area contributed by atoms with Crippen LogP contribution in [0.5, 0.6) is 0 Å². The number of hydrogen-bond donors (Lipinski definition) is 1. The summed E-state index contributed by atoms with van der Waals surface area (Å²) >= 11 is 0. The number of hydrogen-bond acceptors (Lipinski definition) is 2. The molecule has 0 bridgehead atoms. The van der Waals surface area contributed by atoms with Crippen LogP contribution >= 0.6 is 0 Å². The summed E-state index contributed by atoms with van der Waals surface area (Å²) in [5.74, 6) is -1.08. The standard InChI is InChI=1S/C7H10O2/c1-3-9-7(8)5-4-6(7)2/h3,8H,1-2,4-5H2. The molecule has 0 heterocycles. The third-order valence-electron chi connectivity index (χ3n) is 1.60. The van der Waals surface area contributed by atoms with E-state index in [1.54, 1.807) is 0 Å². The van der Waals surface area contributed by atoms with E-state index in [9.17, 15) is 5.11 Å². The van der Waals surface area contributed by atoms with Gasteiger partial charge in [-0.2, -0.15) is 0 Å². The van der Waals surface area contributed by atoms with E-state index in [2.05, 4.69) is 13.2 Å². The summed E-state index contributed by atoms with van der Waals surface area (Å²) < 4.78 is 4.80. The van der Waals surface area contributed by atoms with E-state index in [0.717, 1.165) is 12.0 Å². The van der Waals surface area contributed by atoms with Crippen molar-refractivity contribution >= 4 is 0 Å². The maximum Gasteiger partial charge on any atom is 0.229 e. The van der Waals surface area contributed by atoms with Crippen molar-refractivity contribution in [1.82, 2.24) is 0 Å². The van der Waals surface area contributed by atoms with Crippen molar-refractivity contribution in [2.45, 2.75) is 18.6 Å². The molecule has 1 rings (SSSR count). The summed E-state index contributed by atoms with van der Waals surface area (Å²) in [6, 6.07) is 0. The molecule has 1 aliphatic carbocycles. The first kappa shape index (κ1) is 6.36. The predicted octanol–water partition coefficient (Wildman–Crippen LogP) is 1.19. The zero-order valence-corrected chi connectivity index (χ0v) is 5.26. The molecule has 1 aliphatic rings. The fraction of sp³-hybridized carbons (Fsp3) is 0.429. The predicted molar refractivity (Wildman–Crippen MR) is 34.6 cm³/mol. The Bertz CT molecular complexity index is 151. The molecular formula is C7H10O2. The van der Waals surface area contributed by atoms with Gasteiger partial charge < -0.3 is 9.84 Å². The molecule has 1 N–H and O–H groups in total. The lowest BCUT2D eigenvalue weighted by molar-refractivity contribution is -0.169. The minimum absolute atomic E-state index is 0.637. The highest BCUT2D eigenvalue weighted by Gasteiger charge is 2.39. The Morgan fingerprint density at radius 3 is 2.56 bits per heavy atom. The van der Waals surface area contributed by atoms with Crippen molar-refractivity contribution in [2.24, 2.45) is 0 Å². The van der Waals surface area contributed by atoms with Crippen LogP contribution in [0, 0.1) is 0 Å². The van der Waals surface area contributed by atoms with Crippen LogP contribution in [0.2, 0.25) is 0 Å². The van der Waals surface area contributed by atoms with Gasteiger partial charge in [0.1, 0.15) is 0 Å². The Kier molecular flexibility index (Phi) is 1.33. The van der Waals surface area contributed by atoms with Crippen LogP contribution in [0.15, 0.2) is 25.0 Å². The largest absolute Gasteiger partial charge is 0.467 e. The van der Waals surface area contributed by atoms with E-state index in [1.807, 2.05) is 0 Å². The van der Waals surface area contributed by atoms with Crippen molar-refractivity contribution in [2.75, 3.05) is 0 Å². The molecule has 2 heteroatoms. The molecule has 0 radical (unpaired) electrons. The number of ether oxygens (including phenoxy) is 1. The Hall–Kier alpha value is -0.760. The van der Waals surface area contributed by atoms with Crippen molar-refractivity contribution in [3.63, 3.8) is 0 Å². The first-order valence-electron chi connectivity index (χ1n) is 2.88. The lowest BCUT2D eigenvalue weighted by Crippen LogP contribution is -2.40. The van der Waals surface area contributed by atoms with Crippen LogP contribution in [0.1, 0.15) is 12.8 Å². The van der Waals surface area contributed by atoms with E-state index in [-0.39, 0.29) is 0 Å². The minimum atomic E-state index is -1.08. The normalized spacial score (nSPS) is 33.2. The molecule has 0 amide bonds. The van der Waals surface area contributed by atoms with Gasteiger partial charge in [0.05, 0.1) is 6.26 Å². The molecule has 0 saturated heterocycles. The van der Waals surface area contributed by atoms with Crippen LogP contribution in [0.4, 0.5) is 0 Å². The molecule has 0 aromatic carbocycles. The zero-order valence-electron chi connectivity index (χ0n) is 5.26. The van der Waals surface area contributed by atoms with E-state index < -0.39 is 5.79 Å². The van der Waals surface area contributed by atoms with Crippen molar-refractivity contribution in [3.8, 4) is 0 Å². The lowest BCUT2D eigenvalue weighted by atomic mass is 9.86. The Labute approximate surface area is 54.5 Å². The van der Waals surface area contributed by atoms with Gasteiger partial charge in [-0.1, -0.05) is 13.2 Å². The molecule has 0 aliphatic heterocycles. The van der Waals surface area contributed by atoms with Gasteiger partial charge in [0.2, 0.25) is 5.79 Å². The van der Waals surface area contributed by atoms with Gasteiger partial charge in [-0.15, -0.1) is 0 Å². The van der Waals surface area contributed by atoms with E-state index >= 15 is 0 Å². The van der Waals surface area contributed by atoms with Crippen LogP contribution in [0.3, 0.4) is 0 Å². The summed E-state index contributed by atoms with van der Waals surface area (Å²) in [6.45, 7) is 6.95. The van der Waals surface area contributed by atoms with Crippen molar-refractivity contribution < 1.29 is 9.84 Å². The summed E-state index contributed by atoms with van der Waals surface area (Å²) in [5, 5.41) is 9.29. The summed E-state index contributed by atoms with van der Waals surface area (Å²) in [5.41, 5.74) is 0.738. The first-order chi connectivity index (χ1) is 4.19. The fourth-order valence-corrected chi connectivity index (χ4v) is 0.796. The van der Waals surface area contributed by atoms with Crippen LogP contribution in [0.25, 0.3) is 0 Å². The van der Waals surface area contributed by atoms with Gasteiger partial charge >= 0.3 is 0 Å². The highest BCUT2D eigenvalue weighted by atomic mass is 16.6. The number of rotatable bonds is 2. The quantitative estimate of drug-likeness (QED) is 0.342. The Balaban J connectivity index is 2.53. The van der Waals surface area contributed by atoms with Gasteiger partial charge in [0.15, 0.2) is 0 Å². The molecule has 1 unspecified atom stereocenters. The van der Waals surface area contributed by atoms with Gasteiger partial charge in [-0.05, 0) is 12.0 Å². The monoisotopic (exact) mass is 126 g/mol. The zero-order chi connectivity index (χ0) is 6.91. The van der Waals surface area contributed by atoms with Gasteiger partial charge in [-0.3, -0.25) is 0 Å². The van der Waals surface area contributed by atoms with Crippen LogP contribution in [-0.4, -0.2) is 10.9 Å². The Morgan fingerprint density at radius 1 is 1.78 bits per heavy atom. The molecule has 50 valence electrons. The van der Waals surface area contributed by atoms with Crippen LogP contribution in [-0.2, 0) is 4.74 Å². The molecular weight excluding hydrogens is 116 g/mol. The highest BCUT2D eigenvalue weighted by molar-refractivity contribution is 5.17. The topological polar surface area (TPSA) is 29.5 Å². The molecule has 9 heavy (non-hydrogen) atoms. The smallest absolute Gasteiger partial charge is 0.229 e. The molecule has 0 spiro atoms. The molecule has 2 nitrogen and oxygen atoms in total. The van der Waals surface area contributed by atoms with Crippen molar-refractivity contribution in [3.05, 3.63) is 25.0 Å². The second kappa shape index (κ2) is 1.88. The first-order valence-corrected chi connectivity index (χ1v) is 2.88. The molecule has 1 fully saturated rings. The van der Waals surface area contributed by atoms with E-state index in [0.29, 0.717) is 6.42 Å². The van der Waals surface area contributed by atoms with Crippen LogP contribution < -0.4 is 0 Å². The third kappa shape index (κ3) is 0.856. The maximum absolute atomic E-state index is 9.29. The second-order valence-corrected chi connectivity index (χ2v) is 2.17. The van der Waals surface area contributed by atoms with E-state index in [4.69, 9.17) is 4.74 Å². The Morgan fingerprint density at radius 2 is 2.44 bits per heavy atom. The minimum Gasteiger partial charge on any atom is -0.467 e. The summed E-state index contributed by atoms with van der Waals surface area (Å²) in [4.78, 5) is 0. The van der Waals surface area contributed by atoms with Gasteiger partial charge in [0, 0.05) is 6.42 Å². The average molecular weight is 126 g/mol. The summed E-state index contributed by atoms with van der Waals surface area (Å²) in [6.07, 6.45) is 2.73. The number of aliphatic hydroxyl groups is 1. The SMILES string of the molecule is C=COC1(O)CCC1=C. The summed E-state index contributed by atoms with van der Waals surface area (Å²) in [7, 11) is 0. The maximum atomic E-state index is 9.29. The molecule has 1 saturated carbocycles. The third-order valence-corrected chi connectivity index (χ3v) is 1.60. The average Bonchev–Trinajstić information content (AvgIpc) is 1.86. The molecule has 1 atom stereocenters. The van der Waals surface area contributed by atoms with E-state index in [1.165, 1.54) is 6.26 Å². The van der Waals surface area contributed by atoms with Crippen molar-refractivity contribution in [1.29, 1.82) is 0 Å². The molecule has 0 aromatic heterocycles. The van der Waals surface area contributed by atoms with Gasteiger partial charge in [-0.25, -0.2) is 0 Å². The molecule has 0 aromatic rings.